The van der Waals surface area contributed by atoms with Crippen LogP contribution in [-0.2, 0) is 12.4 Å². The number of para-hydroxylation sites is 3. The minimum Gasteiger partial charge on any atom is -0.308 e. The Balaban J connectivity index is 1.09. The molecule has 12 aromatic rings. The van der Waals surface area contributed by atoms with Crippen LogP contribution in [0.3, 0.4) is 0 Å². The number of imide groups is 1. The normalized spacial score (nSPS) is 12.8. The summed E-state index contributed by atoms with van der Waals surface area (Å²) >= 11 is 0. The molecule has 0 N–H and O–H groups in total. The van der Waals surface area contributed by atoms with Crippen molar-refractivity contribution in [1.29, 1.82) is 5.26 Å². The van der Waals surface area contributed by atoms with Crippen LogP contribution in [0.1, 0.15) is 37.4 Å². The van der Waals surface area contributed by atoms with Crippen LogP contribution in [-0.4, -0.2) is 20.9 Å². The van der Waals surface area contributed by atoms with Crippen LogP contribution in [0, 0.1) is 11.3 Å². The van der Waals surface area contributed by atoms with Crippen molar-refractivity contribution in [3.8, 4) is 62.0 Å². The Morgan fingerprint density at radius 2 is 0.792 bits per heavy atom. The molecule has 6 nitrogen and oxygen atoms in total. The molecule has 0 radical (unpaired) electrons. The number of nitriles is 1. The van der Waals surface area contributed by atoms with Gasteiger partial charge in [0.1, 0.15) is 11.6 Å². The van der Waals surface area contributed by atoms with E-state index in [0.29, 0.717) is 78.1 Å². The van der Waals surface area contributed by atoms with Gasteiger partial charge in [-0.15, -0.1) is 0 Å². The highest BCUT2D eigenvalue weighted by Gasteiger charge is 2.40. The van der Waals surface area contributed by atoms with Gasteiger partial charge in [0.25, 0.3) is 11.8 Å². The van der Waals surface area contributed by atoms with Gasteiger partial charge in [0.05, 0.1) is 61.4 Å². The highest BCUT2D eigenvalue weighted by atomic mass is 19.4. The molecule has 370 valence electrons. The van der Waals surface area contributed by atoms with E-state index in [0.717, 1.165) is 51.4 Å². The summed E-state index contributed by atoms with van der Waals surface area (Å²) in [6, 6.07) is 64.4. The Hall–Kier alpha value is -9.99. The van der Waals surface area contributed by atoms with Crippen LogP contribution in [0.25, 0.3) is 99.5 Å². The van der Waals surface area contributed by atoms with Crippen LogP contribution >= 0.6 is 0 Å². The minimum atomic E-state index is -4.53. The standard InChI is InChI=1S/C65H36F6N4O2/c66-64(67,68)44-27-21-38(22-28-44)41-25-31-50-48-14-5-8-19-55(48)73(57(50)33-41)59-35-43(47-16-10-17-52-61(47)63(77)75(62(52)76)54-18-7-4-13-46(54)40-11-2-1-3-12-40)36-60(53(59)37-72)74-56-20-9-6-15-49(56)51-32-26-42(34-58(51)74)39-23-29-45(30-24-39)65(69,70)71/h1-36H. The molecule has 0 spiro atoms. The van der Waals surface area contributed by atoms with Gasteiger partial charge in [-0.2, -0.15) is 31.6 Å². The fraction of sp³-hybridized carbons (Fsp3) is 0.0308. The van der Waals surface area contributed by atoms with Crippen LogP contribution in [0.5, 0.6) is 0 Å². The first-order valence-corrected chi connectivity index (χ1v) is 24.4. The Bertz CT molecular complexity index is 4270. The molecule has 0 aliphatic carbocycles. The lowest BCUT2D eigenvalue weighted by Gasteiger charge is -2.20. The smallest absolute Gasteiger partial charge is 0.308 e. The highest BCUT2D eigenvalue weighted by Crippen LogP contribution is 2.45. The molecular formula is C65H36F6N4O2. The topological polar surface area (TPSA) is 71.0 Å². The molecule has 0 unspecified atom stereocenters. The van der Waals surface area contributed by atoms with Crippen molar-refractivity contribution in [3.05, 3.63) is 246 Å². The second kappa shape index (κ2) is 17.6. The monoisotopic (exact) mass is 1020 g/mol. The number of hydrogen-bond acceptors (Lipinski definition) is 3. The minimum absolute atomic E-state index is 0.153. The maximum atomic E-state index is 15.2. The lowest BCUT2D eigenvalue weighted by molar-refractivity contribution is -0.138. The molecule has 2 amide bonds. The third kappa shape index (κ3) is 7.57. The molecule has 12 heteroatoms. The summed E-state index contributed by atoms with van der Waals surface area (Å²) in [6.45, 7) is 0. The van der Waals surface area contributed by atoms with Crippen molar-refractivity contribution < 1.29 is 35.9 Å². The molecule has 0 bridgehead atoms. The van der Waals surface area contributed by atoms with Crippen molar-refractivity contribution in [3.63, 3.8) is 0 Å². The van der Waals surface area contributed by atoms with E-state index in [1.54, 1.807) is 30.3 Å². The van der Waals surface area contributed by atoms with Gasteiger partial charge in [0.2, 0.25) is 0 Å². The number of carbonyl (C=O) groups is 2. The van der Waals surface area contributed by atoms with Crippen LogP contribution < -0.4 is 4.90 Å². The van der Waals surface area contributed by atoms with E-state index in [-0.39, 0.29) is 16.7 Å². The van der Waals surface area contributed by atoms with Gasteiger partial charge in [-0.25, -0.2) is 4.90 Å². The summed E-state index contributed by atoms with van der Waals surface area (Å²) in [4.78, 5) is 31.2. The van der Waals surface area contributed by atoms with E-state index in [2.05, 4.69) is 6.07 Å². The number of alkyl halides is 6. The number of fused-ring (bicyclic) bond motifs is 7. The Kier molecular flexibility index (Phi) is 10.7. The van der Waals surface area contributed by atoms with Gasteiger partial charge < -0.3 is 9.13 Å². The summed E-state index contributed by atoms with van der Waals surface area (Å²) < 4.78 is 86.4. The molecular weight excluding hydrogens is 983 g/mol. The summed E-state index contributed by atoms with van der Waals surface area (Å²) in [5, 5.41) is 15.0. The van der Waals surface area contributed by atoms with Crippen molar-refractivity contribution >= 4 is 61.1 Å². The van der Waals surface area contributed by atoms with E-state index < -0.39 is 35.3 Å². The lowest BCUT2D eigenvalue weighted by atomic mass is 9.94. The fourth-order valence-corrected chi connectivity index (χ4v) is 11.0. The van der Waals surface area contributed by atoms with E-state index in [9.17, 15) is 36.4 Å². The van der Waals surface area contributed by atoms with Crippen LogP contribution in [0.2, 0.25) is 0 Å². The average molecular weight is 1020 g/mol. The van der Waals surface area contributed by atoms with Gasteiger partial charge in [-0.1, -0.05) is 146 Å². The van der Waals surface area contributed by atoms with Gasteiger partial charge >= 0.3 is 12.4 Å². The first-order chi connectivity index (χ1) is 37.3. The van der Waals surface area contributed by atoms with E-state index in [1.807, 2.05) is 149 Å². The molecule has 13 rings (SSSR count). The van der Waals surface area contributed by atoms with Gasteiger partial charge in [0.15, 0.2) is 0 Å². The van der Waals surface area contributed by atoms with Crippen molar-refractivity contribution in [1.82, 2.24) is 9.13 Å². The second-order valence-corrected chi connectivity index (χ2v) is 18.9. The molecule has 3 heterocycles. The highest BCUT2D eigenvalue weighted by molar-refractivity contribution is 6.37. The number of halogens is 6. The molecule has 0 fully saturated rings. The fourth-order valence-electron chi connectivity index (χ4n) is 11.0. The summed E-state index contributed by atoms with van der Waals surface area (Å²) in [5.41, 5.74) is 7.46. The summed E-state index contributed by atoms with van der Waals surface area (Å²) in [7, 11) is 0. The van der Waals surface area contributed by atoms with Gasteiger partial charge in [-0.3, -0.25) is 9.59 Å². The van der Waals surface area contributed by atoms with Gasteiger partial charge in [-0.05, 0) is 112 Å². The molecule has 0 saturated heterocycles. The van der Waals surface area contributed by atoms with E-state index >= 15 is 4.79 Å². The Morgan fingerprint density at radius 1 is 0.351 bits per heavy atom. The lowest BCUT2D eigenvalue weighted by Crippen LogP contribution is -2.30. The Morgan fingerprint density at radius 3 is 1.31 bits per heavy atom. The predicted molar refractivity (Wildman–Crippen MR) is 289 cm³/mol. The zero-order chi connectivity index (χ0) is 52.9. The number of benzene rings is 10. The zero-order valence-corrected chi connectivity index (χ0v) is 40.2. The Labute approximate surface area is 435 Å². The van der Waals surface area contributed by atoms with Crippen molar-refractivity contribution in [2.24, 2.45) is 0 Å². The zero-order valence-electron chi connectivity index (χ0n) is 40.2. The summed E-state index contributed by atoms with van der Waals surface area (Å²) in [5.74, 6) is -1.06. The third-order valence-corrected chi connectivity index (χ3v) is 14.6. The van der Waals surface area contributed by atoms with E-state index in [4.69, 9.17) is 0 Å². The first-order valence-electron chi connectivity index (χ1n) is 24.4. The molecule has 0 saturated carbocycles. The molecule has 10 aromatic carbocycles. The van der Waals surface area contributed by atoms with Crippen molar-refractivity contribution in [2.45, 2.75) is 12.4 Å². The second-order valence-electron chi connectivity index (χ2n) is 18.9. The maximum Gasteiger partial charge on any atom is 0.416 e. The SMILES string of the molecule is N#Cc1c(-n2c3ccccc3c3ccc(-c4ccc(C(F)(F)F)cc4)cc32)cc(-c2cccc3c2C(=O)N(c2ccccc2-c2ccccc2)C3=O)cc1-n1c2ccccc2c2ccc(-c3ccc(C(F)(F)F)cc3)cc21. The van der Waals surface area contributed by atoms with Crippen LogP contribution in [0.4, 0.5) is 32.0 Å². The molecule has 0 atom stereocenters. The quantitative estimate of drug-likeness (QED) is 0.118. The predicted octanol–water partition coefficient (Wildman–Crippen LogP) is 17.3. The average Bonchev–Trinajstić information content (AvgIpc) is 4.11. The summed E-state index contributed by atoms with van der Waals surface area (Å²) in [6.07, 6.45) is -9.07. The number of rotatable bonds is 7. The number of carbonyl (C=O) groups excluding carboxylic acids is 2. The molecule has 1 aliphatic rings. The number of nitrogens with zero attached hydrogens (tertiary/aromatic N) is 4. The number of hydrogen-bond donors (Lipinski definition) is 0. The van der Waals surface area contributed by atoms with Gasteiger partial charge in [0, 0.05) is 27.1 Å². The first kappa shape index (κ1) is 46.8. The third-order valence-electron chi connectivity index (χ3n) is 14.6. The number of amides is 2. The van der Waals surface area contributed by atoms with Crippen LogP contribution in [0.15, 0.2) is 218 Å². The largest absolute Gasteiger partial charge is 0.416 e. The number of anilines is 1. The van der Waals surface area contributed by atoms with E-state index in [1.165, 1.54) is 29.2 Å². The molecule has 1 aliphatic heterocycles. The molecule has 77 heavy (non-hydrogen) atoms. The molecule has 2 aromatic heterocycles. The van der Waals surface area contributed by atoms with Crippen molar-refractivity contribution in [2.75, 3.05) is 4.90 Å². The number of aromatic nitrogens is 2. The maximum absolute atomic E-state index is 15.2.